The van der Waals surface area contributed by atoms with Crippen LogP contribution in [0.4, 0.5) is 5.95 Å². The number of aryl methyl sites for hydroxylation is 1. The van der Waals surface area contributed by atoms with Crippen molar-refractivity contribution in [3.63, 3.8) is 0 Å². The molecule has 5 heteroatoms. The Labute approximate surface area is 76.1 Å². The van der Waals surface area contributed by atoms with Crippen LogP contribution >= 0.6 is 0 Å². The minimum Gasteiger partial charge on any atom is -0.369 e. The summed E-state index contributed by atoms with van der Waals surface area (Å²) in [7, 11) is 3.69. The average molecular weight is 180 g/mol. The van der Waals surface area contributed by atoms with Crippen LogP contribution in [0.15, 0.2) is 15.9 Å². The van der Waals surface area contributed by atoms with Gasteiger partial charge in [0.1, 0.15) is 0 Å². The topological polar surface area (TPSA) is 61.4 Å². The van der Waals surface area contributed by atoms with Gasteiger partial charge in [0.25, 0.3) is 5.56 Å². The van der Waals surface area contributed by atoms with Crippen molar-refractivity contribution < 1.29 is 0 Å². The van der Waals surface area contributed by atoms with E-state index in [1.807, 2.05) is 14.1 Å². The zero-order valence-corrected chi connectivity index (χ0v) is 7.90. The molecule has 0 spiro atoms. The van der Waals surface area contributed by atoms with Gasteiger partial charge in [-0.1, -0.05) is 0 Å². The second-order valence-corrected chi connectivity index (χ2v) is 2.92. The molecule has 0 aliphatic carbocycles. The third kappa shape index (κ3) is 3.06. The van der Waals surface area contributed by atoms with Crippen LogP contribution in [0.2, 0.25) is 0 Å². The van der Waals surface area contributed by atoms with Crippen LogP contribution < -0.4 is 5.56 Å². The lowest BCUT2D eigenvalue weighted by atomic mass is 10.4. The molecule has 1 aromatic rings. The maximum absolute atomic E-state index is 11.0. The fraction of sp³-hybridized carbons (Fsp3) is 0.375. The first-order chi connectivity index (χ1) is 6.08. The molecule has 1 aromatic heterocycles. The number of aromatic amines is 1. The molecule has 5 nitrogen and oxygen atoms in total. The van der Waals surface area contributed by atoms with E-state index in [0.29, 0.717) is 11.6 Å². The van der Waals surface area contributed by atoms with Gasteiger partial charge in [-0.15, -0.1) is 0 Å². The van der Waals surface area contributed by atoms with Crippen LogP contribution in [-0.4, -0.2) is 35.3 Å². The van der Waals surface area contributed by atoms with Crippen molar-refractivity contribution in [3.05, 3.63) is 22.1 Å². The second-order valence-electron chi connectivity index (χ2n) is 2.92. The zero-order valence-electron chi connectivity index (χ0n) is 7.90. The van der Waals surface area contributed by atoms with Gasteiger partial charge in [0.15, 0.2) is 0 Å². The van der Waals surface area contributed by atoms with Crippen molar-refractivity contribution in [2.24, 2.45) is 4.99 Å². The second kappa shape index (κ2) is 3.84. The number of rotatable bonds is 2. The molecule has 0 unspecified atom stereocenters. The van der Waals surface area contributed by atoms with E-state index in [2.05, 4.69) is 15.0 Å². The summed E-state index contributed by atoms with van der Waals surface area (Å²) in [5.74, 6) is 0.332. The molecule has 0 radical (unpaired) electrons. The normalized spacial score (nSPS) is 10.7. The van der Waals surface area contributed by atoms with Crippen molar-refractivity contribution in [2.75, 3.05) is 14.1 Å². The van der Waals surface area contributed by atoms with Crippen molar-refractivity contribution >= 4 is 12.3 Å². The Kier molecular flexibility index (Phi) is 2.79. The molecule has 0 bridgehead atoms. The first-order valence-corrected chi connectivity index (χ1v) is 3.86. The van der Waals surface area contributed by atoms with E-state index in [-0.39, 0.29) is 5.56 Å². The Morgan fingerprint density at radius 1 is 1.62 bits per heavy atom. The highest BCUT2D eigenvalue weighted by atomic mass is 16.1. The molecular weight excluding hydrogens is 168 g/mol. The smallest absolute Gasteiger partial charge is 0.252 e. The molecule has 0 aromatic carbocycles. The molecule has 70 valence electrons. The summed E-state index contributed by atoms with van der Waals surface area (Å²) in [4.78, 5) is 23.2. The Bertz CT molecular complexity index is 367. The zero-order chi connectivity index (χ0) is 9.84. The molecular formula is C8H12N4O. The Morgan fingerprint density at radius 3 is 2.85 bits per heavy atom. The largest absolute Gasteiger partial charge is 0.369 e. The summed E-state index contributed by atoms with van der Waals surface area (Å²) < 4.78 is 0. The van der Waals surface area contributed by atoms with Gasteiger partial charge in [-0.3, -0.25) is 9.78 Å². The van der Waals surface area contributed by atoms with Gasteiger partial charge < -0.3 is 4.90 Å². The number of hydrogen-bond donors (Lipinski definition) is 1. The number of nitrogens with zero attached hydrogens (tertiary/aromatic N) is 3. The molecule has 0 amide bonds. The van der Waals surface area contributed by atoms with Crippen LogP contribution in [0.3, 0.4) is 0 Å². The Morgan fingerprint density at radius 2 is 2.31 bits per heavy atom. The monoisotopic (exact) mass is 180 g/mol. The maximum Gasteiger partial charge on any atom is 0.252 e. The van der Waals surface area contributed by atoms with Crippen LogP contribution in [-0.2, 0) is 0 Å². The van der Waals surface area contributed by atoms with Gasteiger partial charge in [-0.2, -0.15) is 0 Å². The highest BCUT2D eigenvalue weighted by Crippen LogP contribution is 1.98. The van der Waals surface area contributed by atoms with E-state index in [1.54, 1.807) is 18.2 Å². The van der Waals surface area contributed by atoms with Gasteiger partial charge in [-0.25, -0.2) is 9.98 Å². The highest BCUT2D eigenvalue weighted by molar-refractivity contribution is 5.57. The SMILES string of the molecule is Cc1cc(=O)[nH]c(/N=C/N(C)C)n1. The first-order valence-electron chi connectivity index (χ1n) is 3.86. The summed E-state index contributed by atoms with van der Waals surface area (Å²) in [6, 6.07) is 1.43. The van der Waals surface area contributed by atoms with Gasteiger partial charge >= 0.3 is 0 Å². The fourth-order valence-electron chi connectivity index (χ4n) is 0.795. The van der Waals surface area contributed by atoms with Gasteiger partial charge in [0, 0.05) is 25.9 Å². The molecule has 0 fully saturated rings. The summed E-state index contributed by atoms with van der Waals surface area (Å²) in [5, 5.41) is 0. The average Bonchev–Trinajstić information content (AvgIpc) is 1.99. The number of aliphatic imine (C=N–C) groups is 1. The van der Waals surface area contributed by atoms with Gasteiger partial charge in [-0.05, 0) is 6.92 Å². The van der Waals surface area contributed by atoms with E-state index in [4.69, 9.17) is 0 Å². The molecule has 1 heterocycles. The third-order valence-electron chi connectivity index (χ3n) is 1.27. The lowest BCUT2D eigenvalue weighted by Crippen LogP contribution is -2.09. The molecule has 0 saturated heterocycles. The minimum atomic E-state index is -0.182. The molecule has 0 atom stereocenters. The summed E-state index contributed by atoms with van der Waals surface area (Å²) in [6.07, 6.45) is 1.58. The molecule has 0 aliphatic rings. The van der Waals surface area contributed by atoms with Crippen LogP contribution in [0.1, 0.15) is 5.69 Å². The van der Waals surface area contributed by atoms with E-state index in [9.17, 15) is 4.79 Å². The van der Waals surface area contributed by atoms with Crippen molar-refractivity contribution in [1.29, 1.82) is 0 Å². The number of nitrogens with one attached hydrogen (secondary N) is 1. The lowest BCUT2D eigenvalue weighted by Gasteiger charge is -2.01. The molecule has 13 heavy (non-hydrogen) atoms. The minimum absolute atomic E-state index is 0.182. The Balaban J connectivity index is 2.96. The lowest BCUT2D eigenvalue weighted by molar-refractivity contribution is 0.642. The fourth-order valence-corrected chi connectivity index (χ4v) is 0.795. The van der Waals surface area contributed by atoms with Crippen LogP contribution in [0.25, 0.3) is 0 Å². The third-order valence-corrected chi connectivity index (χ3v) is 1.27. The predicted octanol–water partition coefficient (Wildman–Crippen LogP) is 0.300. The number of aromatic nitrogens is 2. The maximum atomic E-state index is 11.0. The quantitative estimate of drug-likeness (QED) is 0.526. The van der Waals surface area contributed by atoms with E-state index in [0.717, 1.165) is 0 Å². The molecule has 0 saturated carbocycles. The van der Waals surface area contributed by atoms with E-state index >= 15 is 0 Å². The van der Waals surface area contributed by atoms with Crippen molar-refractivity contribution in [1.82, 2.24) is 14.9 Å². The van der Waals surface area contributed by atoms with Crippen LogP contribution in [0, 0.1) is 6.92 Å². The first kappa shape index (κ1) is 9.44. The highest BCUT2D eigenvalue weighted by Gasteiger charge is 1.93. The molecule has 0 aliphatic heterocycles. The summed E-state index contributed by atoms with van der Waals surface area (Å²) in [5.41, 5.74) is 0.480. The summed E-state index contributed by atoms with van der Waals surface area (Å²) >= 11 is 0. The van der Waals surface area contributed by atoms with Gasteiger partial charge in [0.05, 0.1) is 6.34 Å². The van der Waals surface area contributed by atoms with Crippen molar-refractivity contribution in [3.8, 4) is 0 Å². The van der Waals surface area contributed by atoms with Crippen LogP contribution in [0.5, 0.6) is 0 Å². The molecule has 1 N–H and O–H groups in total. The predicted molar refractivity (Wildman–Crippen MR) is 51.4 cm³/mol. The van der Waals surface area contributed by atoms with Gasteiger partial charge in [0.2, 0.25) is 5.95 Å². The molecule has 1 rings (SSSR count). The van der Waals surface area contributed by atoms with E-state index < -0.39 is 0 Å². The summed E-state index contributed by atoms with van der Waals surface area (Å²) in [6.45, 7) is 1.75. The Hall–Kier alpha value is -1.65. The number of H-pyrrole nitrogens is 1. The van der Waals surface area contributed by atoms with Crippen molar-refractivity contribution in [2.45, 2.75) is 6.92 Å². The number of hydrogen-bond acceptors (Lipinski definition) is 3. The van der Waals surface area contributed by atoms with E-state index in [1.165, 1.54) is 6.07 Å². The standard InChI is InChI=1S/C8H12N4O/c1-6-4-7(13)11-8(10-6)9-5-12(2)3/h4-5H,1-3H3,(H,10,11,13)/b9-5+.